The quantitative estimate of drug-likeness (QED) is 0.699. The summed E-state index contributed by atoms with van der Waals surface area (Å²) in [6.45, 7) is 9.90. The number of Topliss-reactive ketones (excluding diaryl/α,β-unsaturated/α-hetero) is 1. The first-order valence-corrected chi connectivity index (χ1v) is 11.2. The van der Waals surface area contributed by atoms with Crippen LogP contribution in [0.2, 0.25) is 0 Å². The first-order chi connectivity index (χ1) is 13.8. The van der Waals surface area contributed by atoms with E-state index in [1.165, 1.54) is 0 Å². The Hall–Kier alpha value is -1.63. The molecule has 4 atom stereocenters. The van der Waals surface area contributed by atoms with E-state index in [4.69, 9.17) is 9.47 Å². The monoisotopic (exact) mass is 423 g/mol. The summed E-state index contributed by atoms with van der Waals surface area (Å²) in [6, 6.07) is 0. The number of aliphatic carboxylic acids is 1. The lowest BCUT2D eigenvalue weighted by atomic mass is 9.54. The molecule has 0 radical (unpaired) electrons. The van der Waals surface area contributed by atoms with Gasteiger partial charge < -0.3 is 14.6 Å². The standard InChI is InChI=1S/C23H37NO6/c1-20(2,3)30-19(28)24-15-16-8-6-11-23(24,29-16)13-12-22(5)17(25)9-7-10-21(22,4)14-18(26)27/h16H,6-15H2,1-5H3,(H,26,27)/t16-,21-,22-,23-/m1/s1. The SMILES string of the molecule is CC(C)(C)OC(=O)N1C[C@H]2CCC[C@]1(CC[C@]1(C)C(=O)CCC[C@]1(C)CC(=O)O)O2. The number of carbonyl (C=O) groups is 3. The number of ketones is 1. The molecule has 2 aliphatic heterocycles. The van der Waals surface area contributed by atoms with Gasteiger partial charge in [0.25, 0.3) is 0 Å². The van der Waals surface area contributed by atoms with Crippen molar-refractivity contribution in [3.8, 4) is 0 Å². The number of hydrogen-bond donors (Lipinski definition) is 1. The Morgan fingerprint density at radius 1 is 1.20 bits per heavy atom. The number of likely N-dealkylation sites (tertiary alicyclic amines) is 1. The van der Waals surface area contributed by atoms with Crippen LogP contribution in [0.1, 0.15) is 92.4 Å². The predicted molar refractivity (Wildman–Crippen MR) is 111 cm³/mol. The van der Waals surface area contributed by atoms with E-state index in [9.17, 15) is 19.5 Å². The molecule has 0 aromatic rings. The molecule has 0 unspecified atom stereocenters. The number of nitrogens with zero attached hydrogens (tertiary/aromatic N) is 1. The van der Waals surface area contributed by atoms with E-state index in [-0.39, 0.29) is 24.4 Å². The lowest BCUT2D eigenvalue weighted by Crippen LogP contribution is -2.53. The van der Waals surface area contributed by atoms with Gasteiger partial charge in [0, 0.05) is 11.8 Å². The summed E-state index contributed by atoms with van der Waals surface area (Å²) in [6.07, 6.45) is 5.12. The molecule has 0 spiro atoms. The fourth-order valence-electron chi connectivity index (χ4n) is 5.64. The Balaban J connectivity index is 1.84. The van der Waals surface area contributed by atoms with Crippen LogP contribution in [-0.2, 0) is 19.1 Å². The number of fused-ring (bicyclic) bond motifs is 2. The van der Waals surface area contributed by atoms with Gasteiger partial charge >= 0.3 is 12.1 Å². The number of carboxylic acid groups (broad SMARTS) is 1. The van der Waals surface area contributed by atoms with Gasteiger partial charge in [-0.15, -0.1) is 0 Å². The molecule has 2 saturated heterocycles. The second-order valence-electron chi connectivity index (χ2n) is 10.9. The van der Waals surface area contributed by atoms with Gasteiger partial charge in [0.1, 0.15) is 17.1 Å². The highest BCUT2D eigenvalue weighted by molar-refractivity contribution is 5.87. The molecule has 3 fully saturated rings. The third-order valence-corrected chi connectivity index (χ3v) is 7.61. The van der Waals surface area contributed by atoms with Crippen LogP contribution in [0.25, 0.3) is 0 Å². The Morgan fingerprint density at radius 3 is 2.53 bits per heavy atom. The fourth-order valence-corrected chi connectivity index (χ4v) is 5.64. The summed E-state index contributed by atoms with van der Waals surface area (Å²) in [5.41, 5.74) is -2.72. The highest BCUT2D eigenvalue weighted by Gasteiger charge is 2.57. The van der Waals surface area contributed by atoms with E-state index in [0.29, 0.717) is 38.6 Å². The average molecular weight is 424 g/mol. The topological polar surface area (TPSA) is 93.1 Å². The summed E-state index contributed by atoms with van der Waals surface area (Å²) in [5, 5.41) is 9.49. The third kappa shape index (κ3) is 4.23. The molecule has 1 amide bonds. The second-order valence-corrected chi connectivity index (χ2v) is 10.9. The van der Waals surface area contributed by atoms with Gasteiger partial charge in [-0.1, -0.05) is 13.8 Å². The highest BCUT2D eigenvalue weighted by atomic mass is 16.6. The van der Waals surface area contributed by atoms with Crippen molar-refractivity contribution in [3.05, 3.63) is 0 Å². The summed E-state index contributed by atoms with van der Waals surface area (Å²) in [7, 11) is 0. The summed E-state index contributed by atoms with van der Waals surface area (Å²) < 4.78 is 12.0. The van der Waals surface area contributed by atoms with Crippen LogP contribution in [0.3, 0.4) is 0 Å². The zero-order valence-electron chi connectivity index (χ0n) is 19.1. The largest absolute Gasteiger partial charge is 0.481 e. The Bertz CT molecular complexity index is 715. The second kappa shape index (κ2) is 7.81. The molecule has 0 aromatic carbocycles. The maximum Gasteiger partial charge on any atom is 0.412 e. The van der Waals surface area contributed by atoms with E-state index in [1.807, 2.05) is 34.6 Å². The van der Waals surface area contributed by atoms with Crippen LogP contribution in [0, 0.1) is 10.8 Å². The fraction of sp³-hybridized carbons (Fsp3) is 0.870. The summed E-state index contributed by atoms with van der Waals surface area (Å²) in [5.74, 6) is -0.745. The van der Waals surface area contributed by atoms with Crippen LogP contribution in [0.4, 0.5) is 4.79 Å². The molecule has 1 saturated carbocycles. The molecule has 170 valence electrons. The lowest BCUT2D eigenvalue weighted by Gasteiger charge is -2.50. The van der Waals surface area contributed by atoms with Gasteiger partial charge in [-0.05, 0) is 71.1 Å². The van der Waals surface area contributed by atoms with E-state index in [0.717, 1.165) is 19.3 Å². The van der Waals surface area contributed by atoms with Crippen LogP contribution in [0.15, 0.2) is 0 Å². The van der Waals surface area contributed by atoms with Crippen LogP contribution < -0.4 is 0 Å². The Kier molecular flexibility index (Phi) is 6.00. The van der Waals surface area contributed by atoms with Crippen molar-refractivity contribution < 1.29 is 29.0 Å². The van der Waals surface area contributed by atoms with Crippen molar-refractivity contribution >= 4 is 17.8 Å². The van der Waals surface area contributed by atoms with Gasteiger partial charge in [-0.2, -0.15) is 0 Å². The van der Waals surface area contributed by atoms with Gasteiger partial charge in [0.05, 0.1) is 19.1 Å². The number of ether oxygens (including phenoxy) is 2. The van der Waals surface area contributed by atoms with Crippen molar-refractivity contribution in [1.82, 2.24) is 4.90 Å². The zero-order chi connectivity index (χ0) is 22.4. The van der Waals surface area contributed by atoms with Crippen molar-refractivity contribution in [2.75, 3.05) is 6.54 Å². The molecule has 30 heavy (non-hydrogen) atoms. The number of carboxylic acids is 1. The van der Waals surface area contributed by atoms with E-state index < -0.39 is 28.1 Å². The number of hydrogen-bond acceptors (Lipinski definition) is 5. The number of carbonyl (C=O) groups excluding carboxylic acids is 2. The molecular formula is C23H37NO6. The van der Waals surface area contributed by atoms with Crippen LogP contribution in [0.5, 0.6) is 0 Å². The molecule has 1 N–H and O–H groups in total. The minimum Gasteiger partial charge on any atom is -0.481 e. The van der Waals surface area contributed by atoms with Crippen molar-refractivity contribution in [1.29, 1.82) is 0 Å². The Morgan fingerprint density at radius 2 is 1.90 bits per heavy atom. The third-order valence-electron chi connectivity index (χ3n) is 7.61. The van der Waals surface area contributed by atoms with Crippen molar-refractivity contribution in [3.63, 3.8) is 0 Å². The molecule has 2 heterocycles. The van der Waals surface area contributed by atoms with Gasteiger partial charge in [-0.3, -0.25) is 14.5 Å². The van der Waals surface area contributed by atoms with Crippen molar-refractivity contribution in [2.45, 2.75) is 110 Å². The lowest BCUT2D eigenvalue weighted by molar-refractivity contribution is -0.158. The van der Waals surface area contributed by atoms with Crippen molar-refractivity contribution in [2.24, 2.45) is 10.8 Å². The molecule has 3 rings (SSSR count). The molecule has 7 nitrogen and oxygen atoms in total. The van der Waals surface area contributed by atoms with E-state index in [1.54, 1.807) is 4.90 Å². The summed E-state index contributed by atoms with van der Waals surface area (Å²) in [4.78, 5) is 39.3. The molecule has 0 aromatic heterocycles. The number of amides is 1. The van der Waals surface area contributed by atoms with Gasteiger partial charge in [0.15, 0.2) is 0 Å². The molecule has 3 aliphatic rings. The summed E-state index contributed by atoms with van der Waals surface area (Å²) >= 11 is 0. The van der Waals surface area contributed by atoms with E-state index in [2.05, 4.69) is 0 Å². The normalized spacial score (nSPS) is 36.6. The van der Waals surface area contributed by atoms with Gasteiger partial charge in [-0.25, -0.2) is 4.79 Å². The molecule has 2 bridgehead atoms. The maximum absolute atomic E-state index is 13.1. The molecule has 1 aliphatic carbocycles. The predicted octanol–water partition coefficient (Wildman–Crippen LogP) is 4.52. The smallest absolute Gasteiger partial charge is 0.412 e. The van der Waals surface area contributed by atoms with Crippen LogP contribution in [-0.4, -0.2) is 51.8 Å². The first kappa shape index (κ1) is 23.0. The minimum atomic E-state index is -0.873. The molecule has 7 heteroatoms. The van der Waals surface area contributed by atoms with E-state index >= 15 is 0 Å². The minimum absolute atomic E-state index is 0.00784. The number of rotatable bonds is 5. The van der Waals surface area contributed by atoms with Gasteiger partial charge in [0.2, 0.25) is 0 Å². The average Bonchev–Trinajstić information content (AvgIpc) is 2.86. The first-order valence-electron chi connectivity index (χ1n) is 11.2. The highest BCUT2D eigenvalue weighted by Crippen LogP contribution is 2.55. The Labute approximate surface area is 179 Å². The molecular weight excluding hydrogens is 386 g/mol. The maximum atomic E-state index is 13.1. The zero-order valence-corrected chi connectivity index (χ0v) is 19.1. The van der Waals surface area contributed by atoms with Crippen LogP contribution >= 0.6 is 0 Å².